The van der Waals surface area contributed by atoms with Crippen LogP contribution in [0.4, 0.5) is 4.39 Å². The van der Waals surface area contributed by atoms with E-state index in [0.29, 0.717) is 31.5 Å². The van der Waals surface area contributed by atoms with Crippen LogP contribution in [0.5, 0.6) is 0 Å². The fourth-order valence-corrected chi connectivity index (χ4v) is 4.69. The maximum Gasteiger partial charge on any atom is 0.414 e. The van der Waals surface area contributed by atoms with Gasteiger partial charge in [-0.2, -0.15) is 0 Å². The molecule has 1 aromatic carbocycles. The van der Waals surface area contributed by atoms with Gasteiger partial charge in [0.1, 0.15) is 12.4 Å². The molecule has 0 spiro atoms. The van der Waals surface area contributed by atoms with Crippen molar-refractivity contribution in [3.63, 3.8) is 0 Å². The fourth-order valence-electron chi connectivity index (χ4n) is 3.92. The molecule has 1 fully saturated rings. The monoisotopic (exact) mass is 539 g/mol. The van der Waals surface area contributed by atoms with Crippen molar-refractivity contribution < 1.29 is 43.4 Å². The first kappa shape index (κ1) is 29.8. The van der Waals surface area contributed by atoms with Gasteiger partial charge in [-0.15, -0.1) is 11.3 Å². The SMILES string of the molecule is COC(=O)C1(N(OCc2ccccc2F)C(C)=O)CCN(CCc2scnc2C)CC1.O=C(O)C(=O)O. The number of rotatable bonds is 8. The molecule has 0 radical (unpaired) electrons. The van der Waals surface area contributed by atoms with Crippen molar-refractivity contribution in [3.05, 3.63) is 51.7 Å². The van der Waals surface area contributed by atoms with E-state index in [1.54, 1.807) is 29.5 Å². The number of likely N-dealkylation sites (tertiary alicyclic amines) is 1. The van der Waals surface area contributed by atoms with Crippen molar-refractivity contribution in [1.82, 2.24) is 14.9 Å². The summed E-state index contributed by atoms with van der Waals surface area (Å²) in [6, 6.07) is 6.19. The van der Waals surface area contributed by atoms with E-state index < -0.39 is 35.2 Å². The van der Waals surface area contributed by atoms with Gasteiger partial charge in [0.15, 0.2) is 5.54 Å². The maximum atomic E-state index is 14.0. The average Bonchev–Trinajstić information content (AvgIpc) is 3.28. The third-order valence-corrected chi connectivity index (χ3v) is 6.91. The zero-order valence-electron chi connectivity index (χ0n) is 20.8. The molecule has 2 heterocycles. The van der Waals surface area contributed by atoms with Crippen LogP contribution in [0.25, 0.3) is 0 Å². The van der Waals surface area contributed by atoms with E-state index in [1.807, 2.05) is 12.4 Å². The van der Waals surface area contributed by atoms with Gasteiger partial charge in [-0.05, 0) is 32.3 Å². The molecule has 2 N–H and O–H groups in total. The molecule has 1 aliphatic rings. The van der Waals surface area contributed by atoms with Gasteiger partial charge in [0, 0.05) is 37.0 Å². The summed E-state index contributed by atoms with van der Waals surface area (Å²) >= 11 is 1.65. The number of benzene rings is 1. The summed E-state index contributed by atoms with van der Waals surface area (Å²) in [5, 5.41) is 15.9. The van der Waals surface area contributed by atoms with Gasteiger partial charge in [0.25, 0.3) is 0 Å². The van der Waals surface area contributed by atoms with Crippen LogP contribution in [0, 0.1) is 12.7 Å². The zero-order chi connectivity index (χ0) is 27.6. The number of hydrogen-bond acceptors (Lipinski definition) is 9. The maximum absolute atomic E-state index is 14.0. The molecule has 13 heteroatoms. The van der Waals surface area contributed by atoms with Crippen LogP contribution in [-0.2, 0) is 41.8 Å². The number of aliphatic carboxylic acids is 2. The molecule has 0 unspecified atom stereocenters. The Morgan fingerprint density at radius 3 is 2.27 bits per heavy atom. The van der Waals surface area contributed by atoms with E-state index in [0.717, 1.165) is 23.7 Å². The second-order valence-corrected chi connectivity index (χ2v) is 9.20. The van der Waals surface area contributed by atoms with Crippen LogP contribution in [0.2, 0.25) is 0 Å². The van der Waals surface area contributed by atoms with E-state index in [-0.39, 0.29) is 6.61 Å². The van der Waals surface area contributed by atoms with Crippen LogP contribution in [0.15, 0.2) is 29.8 Å². The number of hydrogen-bond donors (Lipinski definition) is 2. The summed E-state index contributed by atoms with van der Waals surface area (Å²) in [5.74, 6) is -5.01. The lowest BCUT2D eigenvalue weighted by atomic mass is 9.86. The average molecular weight is 540 g/mol. The predicted octanol–water partition coefficient (Wildman–Crippen LogP) is 2.28. The van der Waals surface area contributed by atoms with E-state index in [9.17, 15) is 14.0 Å². The minimum Gasteiger partial charge on any atom is -0.473 e. The number of carboxylic acids is 2. The number of halogens is 1. The number of ether oxygens (including phenoxy) is 1. The van der Waals surface area contributed by atoms with Crippen molar-refractivity contribution >= 4 is 35.2 Å². The molecule has 1 saturated heterocycles. The van der Waals surface area contributed by atoms with Crippen molar-refractivity contribution in [3.8, 4) is 0 Å². The number of piperidine rings is 1. The van der Waals surface area contributed by atoms with Crippen LogP contribution in [-0.4, -0.2) is 81.3 Å². The van der Waals surface area contributed by atoms with E-state index in [1.165, 1.54) is 25.0 Å². The van der Waals surface area contributed by atoms with Gasteiger partial charge in [-0.25, -0.2) is 28.8 Å². The number of thiazole rings is 1. The summed E-state index contributed by atoms with van der Waals surface area (Å²) in [5.41, 5.74) is 1.98. The molecule has 1 aromatic heterocycles. The van der Waals surface area contributed by atoms with Gasteiger partial charge >= 0.3 is 17.9 Å². The summed E-state index contributed by atoms with van der Waals surface area (Å²) in [6.07, 6.45) is 1.64. The molecule has 202 valence electrons. The first-order valence-electron chi connectivity index (χ1n) is 11.3. The normalized spacial score (nSPS) is 14.7. The van der Waals surface area contributed by atoms with Crippen molar-refractivity contribution in [1.29, 1.82) is 0 Å². The Kier molecular flexibility index (Phi) is 11.1. The highest BCUT2D eigenvalue weighted by Crippen LogP contribution is 2.32. The lowest BCUT2D eigenvalue weighted by Gasteiger charge is -2.45. The smallest absolute Gasteiger partial charge is 0.414 e. The first-order valence-corrected chi connectivity index (χ1v) is 12.2. The van der Waals surface area contributed by atoms with E-state index in [4.69, 9.17) is 29.4 Å². The lowest BCUT2D eigenvalue weighted by Crippen LogP contribution is -2.61. The first-order chi connectivity index (χ1) is 17.5. The zero-order valence-corrected chi connectivity index (χ0v) is 21.6. The van der Waals surface area contributed by atoms with Crippen LogP contribution < -0.4 is 0 Å². The Labute approximate surface area is 217 Å². The van der Waals surface area contributed by atoms with Gasteiger partial charge in [0.05, 0.1) is 18.3 Å². The predicted molar refractivity (Wildman–Crippen MR) is 130 cm³/mol. The highest BCUT2D eigenvalue weighted by atomic mass is 32.1. The van der Waals surface area contributed by atoms with Gasteiger partial charge in [-0.1, -0.05) is 18.2 Å². The minimum atomic E-state index is -1.82. The lowest BCUT2D eigenvalue weighted by molar-refractivity contribution is -0.240. The molecule has 0 bridgehead atoms. The third-order valence-electron chi connectivity index (χ3n) is 5.91. The number of carboxylic acid groups (broad SMARTS) is 2. The third kappa shape index (κ3) is 8.03. The summed E-state index contributed by atoms with van der Waals surface area (Å²) < 4.78 is 19.1. The molecule has 1 amide bonds. The quantitative estimate of drug-likeness (QED) is 0.291. The number of methoxy groups -OCH3 is 1. The highest BCUT2D eigenvalue weighted by molar-refractivity contribution is 7.09. The fraction of sp³-hybridized carbons (Fsp3) is 0.458. The number of nitrogens with zero attached hydrogens (tertiary/aromatic N) is 3. The molecular formula is C24H30FN3O8S. The number of amides is 1. The van der Waals surface area contributed by atoms with Gasteiger partial charge in [-0.3, -0.25) is 9.63 Å². The Bertz CT molecular complexity index is 1090. The molecule has 1 aliphatic heterocycles. The molecule has 3 rings (SSSR count). The van der Waals surface area contributed by atoms with Gasteiger partial charge in [0.2, 0.25) is 5.91 Å². The Morgan fingerprint density at radius 2 is 1.78 bits per heavy atom. The summed E-state index contributed by atoms with van der Waals surface area (Å²) in [6.45, 7) is 5.25. The number of aryl methyl sites for hydroxylation is 1. The van der Waals surface area contributed by atoms with Crippen LogP contribution >= 0.6 is 11.3 Å². The van der Waals surface area contributed by atoms with Crippen molar-refractivity contribution in [2.24, 2.45) is 0 Å². The van der Waals surface area contributed by atoms with E-state index >= 15 is 0 Å². The number of aromatic nitrogens is 1. The number of hydroxylamine groups is 2. The van der Waals surface area contributed by atoms with E-state index in [2.05, 4.69) is 9.88 Å². The number of esters is 1. The summed E-state index contributed by atoms with van der Waals surface area (Å²) in [4.78, 5) is 57.0. The Morgan fingerprint density at radius 1 is 1.16 bits per heavy atom. The topological polar surface area (TPSA) is 147 Å². The van der Waals surface area contributed by atoms with Crippen LogP contribution in [0.3, 0.4) is 0 Å². The molecule has 37 heavy (non-hydrogen) atoms. The molecule has 11 nitrogen and oxygen atoms in total. The highest BCUT2D eigenvalue weighted by Gasteiger charge is 2.50. The van der Waals surface area contributed by atoms with Crippen LogP contribution in [0.1, 0.15) is 35.9 Å². The molecule has 0 saturated carbocycles. The van der Waals surface area contributed by atoms with Crippen molar-refractivity contribution in [2.45, 2.75) is 45.3 Å². The molecular weight excluding hydrogens is 509 g/mol. The molecule has 2 aromatic rings. The largest absolute Gasteiger partial charge is 0.473 e. The second kappa shape index (κ2) is 13.8. The standard InChI is InChI=1S/C22H28FN3O4S.C2H2O4/c1-16-20(31-15-24-16)8-11-25-12-9-22(10-13-25,21(28)29-3)26(17(2)27)30-14-18-6-4-5-7-19(18)23;3-1(4)2(5)6/h4-7,15H,8-14H2,1-3H3;(H,3,4)(H,5,6). The summed E-state index contributed by atoms with van der Waals surface area (Å²) in [7, 11) is 1.30. The Hall–Kier alpha value is -3.42. The van der Waals surface area contributed by atoms with Crippen molar-refractivity contribution in [2.75, 3.05) is 26.7 Å². The van der Waals surface area contributed by atoms with Gasteiger partial charge < -0.3 is 19.8 Å². The Balaban J connectivity index is 0.000000717. The number of carbonyl (C=O) groups excluding carboxylic acids is 2. The molecule has 0 atom stereocenters. The number of carbonyl (C=O) groups is 4. The molecule has 0 aliphatic carbocycles. The second-order valence-electron chi connectivity index (χ2n) is 8.26. The minimum absolute atomic E-state index is 0.153.